The Labute approximate surface area is 143 Å². The highest BCUT2D eigenvalue weighted by Crippen LogP contribution is 2.47. The van der Waals surface area contributed by atoms with E-state index >= 15 is 0 Å². The van der Waals surface area contributed by atoms with Gasteiger partial charge in [-0.25, -0.2) is 4.99 Å². The molecule has 9 heteroatoms. The van der Waals surface area contributed by atoms with Gasteiger partial charge in [-0.2, -0.15) is 18.2 Å². The Kier molecular flexibility index (Phi) is 4.26. The fraction of sp³-hybridized carbons (Fsp3) is 0.500. The fourth-order valence-corrected chi connectivity index (χ4v) is 3.63. The molecule has 1 aliphatic carbocycles. The molecule has 25 heavy (non-hydrogen) atoms. The maximum absolute atomic E-state index is 13.8. The summed E-state index contributed by atoms with van der Waals surface area (Å²) in [5.74, 6) is -0.369. The number of nitrogens with two attached hydrogens (primary N) is 2. The van der Waals surface area contributed by atoms with Crippen LogP contribution in [0.1, 0.15) is 37.7 Å². The zero-order valence-corrected chi connectivity index (χ0v) is 13.8. The van der Waals surface area contributed by atoms with Crippen LogP contribution in [0.25, 0.3) is 0 Å². The first-order valence-electron chi connectivity index (χ1n) is 8.02. The van der Waals surface area contributed by atoms with Gasteiger partial charge in [-0.15, -0.1) is 0 Å². The highest BCUT2D eigenvalue weighted by molar-refractivity contribution is 6.06. The molecule has 1 aliphatic heterocycles. The standard InChI is InChI=1S/C16H20F3N5O/c1-25-11-7-5-6-10(12(11)16(17,18)19)24-14(21)22-13(20)23-15(24)8-3-2-4-9-15/h5-7H,2-4,8-9H2,1H3,(H4,20,21,22,23). The Morgan fingerprint density at radius 1 is 1.16 bits per heavy atom. The van der Waals surface area contributed by atoms with E-state index in [4.69, 9.17) is 16.2 Å². The summed E-state index contributed by atoms with van der Waals surface area (Å²) in [5.41, 5.74) is 9.82. The first-order chi connectivity index (χ1) is 11.8. The number of benzene rings is 1. The van der Waals surface area contributed by atoms with Crippen molar-refractivity contribution in [1.82, 2.24) is 0 Å². The molecule has 0 amide bonds. The van der Waals surface area contributed by atoms with Crippen LogP contribution >= 0.6 is 0 Å². The lowest BCUT2D eigenvalue weighted by Gasteiger charge is -2.46. The molecule has 1 saturated carbocycles. The van der Waals surface area contributed by atoms with E-state index < -0.39 is 17.4 Å². The second-order valence-electron chi connectivity index (χ2n) is 6.17. The summed E-state index contributed by atoms with van der Waals surface area (Å²) >= 11 is 0. The monoisotopic (exact) mass is 355 g/mol. The van der Waals surface area contributed by atoms with Crippen molar-refractivity contribution >= 4 is 17.6 Å². The smallest absolute Gasteiger partial charge is 0.421 e. The van der Waals surface area contributed by atoms with Crippen molar-refractivity contribution in [2.24, 2.45) is 21.5 Å². The lowest BCUT2D eigenvalue weighted by molar-refractivity contribution is -0.138. The number of halogens is 3. The molecule has 0 saturated heterocycles. The zero-order valence-electron chi connectivity index (χ0n) is 13.8. The minimum absolute atomic E-state index is 0.00731. The first-order valence-corrected chi connectivity index (χ1v) is 8.02. The van der Waals surface area contributed by atoms with Crippen LogP contribution < -0.4 is 21.1 Å². The van der Waals surface area contributed by atoms with Gasteiger partial charge in [0.2, 0.25) is 11.9 Å². The Balaban J connectivity index is 2.22. The molecular weight excluding hydrogens is 335 g/mol. The van der Waals surface area contributed by atoms with Crippen LogP contribution in [-0.4, -0.2) is 24.7 Å². The van der Waals surface area contributed by atoms with Gasteiger partial charge in [0.15, 0.2) is 0 Å². The molecule has 6 nitrogen and oxygen atoms in total. The van der Waals surface area contributed by atoms with Gasteiger partial charge in [0, 0.05) is 0 Å². The lowest BCUT2D eigenvalue weighted by atomic mass is 9.87. The molecule has 1 spiro atoms. The number of aliphatic imine (C=N–C) groups is 2. The van der Waals surface area contributed by atoms with Gasteiger partial charge in [-0.3, -0.25) is 4.90 Å². The molecule has 4 N–H and O–H groups in total. The number of hydrogen-bond acceptors (Lipinski definition) is 6. The highest BCUT2D eigenvalue weighted by atomic mass is 19.4. The van der Waals surface area contributed by atoms with Crippen LogP contribution in [0.5, 0.6) is 5.75 Å². The van der Waals surface area contributed by atoms with Gasteiger partial charge in [0.05, 0.1) is 12.8 Å². The zero-order chi connectivity index (χ0) is 18.2. The molecule has 0 aromatic heterocycles. The number of ether oxygens (including phenoxy) is 1. The van der Waals surface area contributed by atoms with Gasteiger partial charge in [-0.1, -0.05) is 12.5 Å². The quantitative estimate of drug-likeness (QED) is 0.854. The van der Waals surface area contributed by atoms with E-state index in [9.17, 15) is 13.2 Å². The first kappa shape index (κ1) is 17.4. The molecule has 1 fully saturated rings. The molecule has 0 unspecified atom stereocenters. The maximum Gasteiger partial charge on any atom is 0.421 e. The van der Waals surface area contributed by atoms with Crippen molar-refractivity contribution in [3.8, 4) is 5.75 Å². The summed E-state index contributed by atoms with van der Waals surface area (Å²) in [5, 5.41) is 0. The van der Waals surface area contributed by atoms with Crippen molar-refractivity contribution < 1.29 is 17.9 Å². The molecule has 1 heterocycles. The third-order valence-corrected chi connectivity index (χ3v) is 4.60. The molecule has 0 bridgehead atoms. The van der Waals surface area contributed by atoms with Gasteiger partial charge in [-0.05, 0) is 37.8 Å². The minimum Gasteiger partial charge on any atom is -0.496 e. The van der Waals surface area contributed by atoms with E-state index in [1.807, 2.05) is 0 Å². The number of anilines is 1. The Hall–Kier alpha value is -2.45. The average molecular weight is 355 g/mol. The average Bonchev–Trinajstić information content (AvgIpc) is 2.53. The van der Waals surface area contributed by atoms with E-state index in [-0.39, 0.29) is 23.4 Å². The second kappa shape index (κ2) is 6.12. The van der Waals surface area contributed by atoms with Crippen LogP contribution in [0.4, 0.5) is 18.9 Å². The van der Waals surface area contributed by atoms with Crippen LogP contribution in [0, 0.1) is 0 Å². The topological polar surface area (TPSA) is 89.2 Å². The molecule has 136 valence electrons. The van der Waals surface area contributed by atoms with Crippen molar-refractivity contribution in [3.63, 3.8) is 0 Å². The SMILES string of the molecule is COc1cccc(N2C(N)=NC(N)=NC23CCCCC3)c1C(F)(F)F. The fourth-order valence-electron chi connectivity index (χ4n) is 3.63. The summed E-state index contributed by atoms with van der Waals surface area (Å²) in [7, 11) is 1.20. The number of hydrogen-bond donors (Lipinski definition) is 2. The summed E-state index contributed by atoms with van der Waals surface area (Å²) in [6, 6.07) is 4.13. The van der Waals surface area contributed by atoms with Gasteiger partial charge in [0.1, 0.15) is 17.0 Å². The number of alkyl halides is 3. The van der Waals surface area contributed by atoms with Crippen molar-refractivity contribution in [2.75, 3.05) is 12.0 Å². The lowest BCUT2D eigenvalue weighted by Crippen LogP contribution is -2.58. The molecule has 0 radical (unpaired) electrons. The van der Waals surface area contributed by atoms with Crippen LogP contribution in [-0.2, 0) is 6.18 Å². The highest BCUT2D eigenvalue weighted by Gasteiger charge is 2.47. The maximum atomic E-state index is 13.8. The van der Waals surface area contributed by atoms with Crippen LogP contribution in [0.2, 0.25) is 0 Å². The molecular formula is C16H20F3N5O. The van der Waals surface area contributed by atoms with E-state index in [1.165, 1.54) is 30.2 Å². The number of nitrogens with zero attached hydrogens (tertiary/aromatic N) is 3. The van der Waals surface area contributed by atoms with E-state index in [2.05, 4.69) is 9.98 Å². The van der Waals surface area contributed by atoms with E-state index in [0.717, 1.165) is 19.3 Å². The molecule has 1 aromatic carbocycles. The Bertz CT molecular complexity index is 723. The van der Waals surface area contributed by atoms with Crippen LogP contribution in [0.15, 0.2) is 28.2 Å². The summed E-state index contributed by atoms with van der Waals surface area (Å²) in [6.45, 7) is 0. The Morgan fingerprint density at radius 3 is 2.44 bits per heavy atom. The second-order valence-corrected chi connectivity index (χ2v) is 6.17. The normalized spacial score (nSPS) is 20.2. The largest absolute Gasteiger partial charge is 0.496 e. The predicted octanol–water partition coefficient (Wildman–Crippen LogP) is 2.82. The molecule has 3 rings (SSSR count). The number of rotatable bonds is 2. The van der Waals surface area contributed by atoms with Gasteiger partial charge >= 0.3 is 6.18 Å². The van der Waals surface area contributed by atoms with Crippen molar-refractivity contribution in [3.05, 3.63) is 23.8 Å². The van der Waals surface area contributed by atoms with Crippen LogP contribution in [0.3, 0.4) is 0 Å². The Morgan fingerprint density at radius 2 is 1.84 bits per heavy atom. The third kappa shape index (κ3) is 2.98. The third-order valence-electron chi connectivity index (χ3n) is 4.60. The molecule has 0 atom stereocenters. The van der Waals surface area contributed by atoms with Crippen molar-refractivity contribution in [2.45, 2.75) is 43.9 Å². The number of guanidine groups is 2. The van der Waals surface area contributed by atoms with E-state index in [1.54, 1.807) is 0 Å². The number of methoxy groups -OCH3 is 1. The van der Waals surface area contributed by atoms with Crippen molar-refractivity contribution in [1.29, 1.82) is 0 Å². The molecule has 1 aromatic rings. The van der Waals surface area contributed by atoms with Gasteiger partial charge < -0.3 is 16.2 Å². The van der Waals surface area contributed by atoms with Gasteiger partial charge in [0.25, 0.3) is 0 Å². The van der Waals surface area contributed by atoms with E-state index in [0.29, 0.717) is 12.8 Å². The minimum atomic E-state index is -4.62. The summed E-state index contributed by atoms with van der Waals surface area (Å²) < 4.78 is 46.2. The summed E-state index contributed by atoms with van der Waals surface area (Å²) in [6.07, 6.45) is -0.869. The predicted molar refractivity (Wildman–Crippen MR) is 89.5 cm³/mol. The summed E-state index contributed by atoms with van der Waals surface area (Å²) in [4.78, 5) is 9.68. The molecule has 2 aliphatic rings.